The molecule has 0 bridgehead atoms. The van der Waals surface area contributed by atoms with Crippen LogP contribution in [0, 0.1) is 0 Å². The summed E-state index contributed by atoms with van der Waals surface area (Å²) in [5.41, 5.74) is 3.96. The number of benzene rings is 3. The lowest BCUT2D eigenvalue weighted by molar-refractivity contribution is 0.0746. The first-order chi connectivity index (χ1) is 20.0. The highest BCUT2D eigenvalue weighted by Crippen LogP contribution is 2.27. The van der Waals surface area contributed by atoms with Crippen LogP contribution in [0.1, 0.15) is 21.5 Å². The molecule has 8 nitrogen and oxygen atoms in total. The third-order valence-corrected chi connectivity index (χ3v) is 7.98. The molecule has 1 aliphatic rings. The minimum Gasteiger partial charge on any atom is -0.364 e. The molecule has 1 saturated heterocycles. The second kappa shape index (κ2) is 11.9. The fraction of sp³-hybridized carbons (Fsp3) is 0.200. The zero-order valence-corrected chi connectivity index (χ0v) is 24.2. The first-order valence-electron chi connectivity index (χ1n) is 13.2. The Bertz CT molecular complexity index is 1700. The number of piperazine rings is 1. The van der Waals surface area contributed by atoms with Crippen LogP contribution < -0.4 is 10.2 Å². The van der Waals surface area contributed by atoms with Crippen molar-refractivity contribution in [2.45, 2.75) is 13.1 Å². The average molecular weight is 607 g/mol. The van der Waals surface area contributed by atoms with Crippen molar-refractivity contribution in [2.75, 3.05) is 36.4 Å². The van der Waals surface area contributed by atoms with E-state index in [0.717, 1.165) is 16.8 Å². The van der Waals surface area contributed by atoms with Crippen molar-refractivity contribution in [3.63, 3.8) is 0 Å². The fourth-order valence-corrected chi connectivity index (χ4v) is 5.55. The van der Waals surface area contributed by atoms with Crippen molar-refractivity contribution in [1.82, 2.24) is 24.4 Å². The van der Waals surface area contributed by atoms with Crippen LogP contribution >= 0.6 is 34.8 Å². The van der Waals surface area contributed by atoms with Gasteiger partial charge in [-0.1, -0.05) is 83.3 Å². The highest BCUT2D eigenvalue weighted by Gasteiger charge is 2.26. The summed E-state index contributed by atoms with van der Waals surface area (Å²) in [6.07, 6.45) is 1.79. The number of amides is 1. The molecule has 0 spiro atoms. The van der Waals surface area contributed by atoms with Crippen molar-refractivity contribution in [2.24, 2.45) is 0 Å². The number of fused-ring (bicyclic) bond motifs is 1. The quantitative estimate of drug-likeness (QED) is 0.231. The number of carbonyl (C=O) groups excluding carboxylic acids is 1. The molecular formula is C30H26Cl3N7O. The number of carbonyl (C=O) groups is 1. The molecule has 1 aliphatic heterocycles. The Morgan fingerprint density at radius 2 is 1.61 bits per heavy atom. The highest BCUT2D eigenvalue weighted by atomic mass is 35.5. The summed E-state index contributed by atoms with van der Waals surface area (Å²) in [7, 11) is 0. The van der Waals surface area contributed by atoms with Crippen LogP contribution in [0.2, 0.25) is 15.1 Å². The lowest BCUT2D eigenvalue weighted by Gasteiger charge is -2.35. The van der Waals surface area contributed by atoms with E-state index in [4.69, 9.17) is 44.8 Å². The van der Waals surface area contributed by atoms with E-state index in [2.05, 4.69) is 27.3 Å². The Morgan fingerprint density at radius 1 is 0.854 bits per heavy atom. The van der Waals surface area contributed by atoms with Gasteiger partial charge in [0.25, 0.3) is 5.91 Å². The van der Waals surface area contributed by atoms with Gasteiger partial charge in [-0.05, 0) is 35.4 Å². The van der Waals surface area contributed by atoms with Crippen molar-refractivity contribution in [1.29, 1.82) is 0 Å². The van der Waals surface area contributed by atoms with Gasteiger partial charge in [-0.15, -0.1) is 0 Å². The largest absolute Gasteiger partial charge is 0.364 e. The maximum atomic E-state index is 13.2. The predicted molar refractivity (Wildman–Crippen MR) is 164 cm³/mol. The molecule has 1 N–H and O–H groups in total. The number of hydrogen-bond donors (Lipinski definition) is 1. The molecule has 0 unspecified atom stereocenters. The van der Waals surface area contributed by atoms with E-state index in [1.807, 2.05) is 47.0 Å². The summed E-state index contributed by atoms with van der Waals surface area (Å²) < 4.78 is 2.03. The van der Waals surface area contributed by atoms with Gasteiger partial charge in [0, 0.05) is 42.8 Å². The third-order valence-electron chi connectivity index (χ3n) is 7.06. The second-order valence-corrected chi connectivity index (χ2v) is 11.0. The summed E-state index contributed by atoms with van der Waals surface area (Å²) >= 11 is 18.7. The van der Waals surface area contributed by atoms with Crippen LogP contribution in [-0.2, 0) is 13.1 Å². The van der Waals surface area contributed by atoms with Crippen molar-refractivity contribution < 1.29 is 4.79 Å². The van der Waals surface area contributed by atoms with Gasteiger partial charge in [-0.25, -0.2) is 4.98 Å². The Hall–Kier alpha value is -3.85. The number of nitrogens with zero attached hydrogens (tertiary/aromatic N) is 6. The molecule has 2 aromatic heterocycles. The van der Waals surface area contributed by atoms with Gasteiger partial charge in [-0.2, -0.15) is 9.97 Å². The standard InChI is InChI=1S/C30H26Cl3N7O/c31-22-10-11-23(25(33)16-22)29(41)38-12-14-39(15-13-38)30-36-27(34-17-21-8-4-5-9-24(21)32)26-28(37-30)40(19-35-26)18-20-6-2-1-3-7-20/h1-11,16,19H,12-15,17-18H2,(H,34,36,37). The molecule has 5 aromatic rings. The number of nitrogens with one attached hydrogen (secondary N) is 1. The van der Waals surface area contributed by atoms with Crippen LogP contribution in [0.4, 0.5) is 11.8 Å². The smallest absolute Gasteiger partial charge is 0.255 e. The first-order valence-corrected chi connectivity index (χ1v) is 14.3. The normalized spacial score (nSPS) is 13.5. The maximum absolute atomic E-state index is 13.2. The molecule has 208 valence electrons. The van der Waals surface area contributed by atoms with E-state index in [0.29, 0.717) is 77.2 Å². The molecule has 1 amide bonds. The van der Waals surface area contributed by atoms with Crippen LogP contribution in [0.3, 0.4) is 0 Å². The third kappa shape index (κ3) is 5.95. The zero-order chi connectivity index (χ0) is 28.3. The van der Waals surface area contributed by atoms with E-state index in [-0.39, 0.29) is 5.91 Å². The van der Waals surface area contributed by atoms with E-state index in [1.54, 1.807) is 29.4 Å². The van der Waals surface area contributed by atoms with Gasteiger partial charge in [0.05, 0.1) is 23.5 Å². The molecule has 11 heteroatoms. The highest BCUT2D eigenvalue weighted by molar-refractivity contribution is 6.36. The molecule has 3 aromatic carbocycles. The Morgan fingerprint density at radius 3 is 2.37 bits per heavy atom. The van der Waals surface area contributed by atoms with Crippen LogP contribution in [0.25, 0.3) is 11.2 Å². The molecular weight excluding hydrogens is 581 g/mol. The van der Waals surface area contributed by atoms with Gasteiger partial charge in [0.1, 0.15) is 0 Å². The molecule has 6 rings (SSSR count). The molecule has 0 saturated carbocycles. The molecule has 1 fully saturated rings. The van der Waals surface area contributed by atoms with E-state index >= 15 is 0 Å². The molecule has 41 heavy (non-hydrogen) atoms. The van der Waals surface area contributed by atoms with Crippen molar-refractivity contribution in [3.05, 3.63) is 111 Å². The minimum absolute atomic E-state index is 0.120. The van der Waals surface area contributed by atoms with E-state index in [1.165, 1.54) is 0 Å². The number of imidazole rings is 1. The van der Waals surface area contributed by atoms with E-state index in [9.17, 15) is 4.79 Å². The summed E-state index contributed by atoms with van der Waals surface area (Å²) in [5, 5.41) is 4.96. The monoisotopic (exact) mass is 605 g/mol. The summed E-state index contributed by atoms with van der Waals surface area (Å²) in [4.78, 5) is 31.5. The molecule has 0 atom stereocenters. The summed E-state index contributed by atoms with van der Waals surface area (Å²) in [6, 6.07) is 22.8. The number of halogens is 3. The molecule has 0 radical (unpaired) electrons. The SMILES string of the molecule is O=C(c1ccc(Cl)cc1Cl)N1CCN(c2nc(NCc3ccccc3Cl)c3ncn(Cc4ccccc4)c3n2)CC1. The Balaban J connectivity index is 1.27. The first kappa shape index (κ1) is 27.3. The van der Waals surface area contributed by atoms with Crippen LogP contribution in [0.15, 0.2) is 79.1 Å². The number of aromatic nitrogens is 4. The van der Waals surface area contributed by atoms with Crippen LogP contribution in [0.5, 0.6) is 0 Å². The number of hydrogen-bond acceptors (Lipinski definition) is 6. The lowest BCUT2D eigenvalue weighted by Crippen LogP contribution is -2.49. The Kier molecular flexibility index (Phi) is 7.96. The lowest BCUT2D eigenvalue weighted by atomic mass is 10.2. The topological polar surface area (TPSA) is 79.2 Å². The van der Waals surface area contributed by atoms with Crippen molar-refractivity contribution >= 4 is 63.6 Å². The predicted octanol–water partition coefficient (Wildman–Crippen LogP) is 6.41. The summed E-state index contributed by atoms with van der Waals surface area (Å²) in [6.45, 7) is 3.26. The van der Waals surface area contributed by atoms with Gasteiger partial charge < -0.3 is 19.7 Å². The van der Waals surface area contributed by atoms with Crippen LogP contribution in [-0.4, -0.2) is 56.5 Å². The van der Waals surface area contributed by atoms with E-state index < -0.39 is 0 Å². The summed E-state index contributed by atoms with van der Waals surface area (Å²) in [5.74, 6) is 1.08. The number of anilines is 2. The Labute approximate surface area is 252 Å². The minimum atomic E-state index is -0.120. The average Bonchev–Trinajstić information content (AvgIpc) is 3.39. The maximum Gasteiger partial charge on any atom is 0.255 e. The molecule has 3 heterocycles. The fourth-order valence-electron chi connectivity index (χ4n) is 4.86. The second-order valence-electron chi connectivity index (χ2n) is 9.75. The van der Waals surface area contributed by atoms with Gasteiger partial charge in [0.15, 0.2) is 17.0 Å². The number of rotatable bonds is 7. The van der Waals surface area contributed by atoms with Crippen molar-refractivity contribution in [3.8, 4) is 0 Å². The van der Waals surface area contributed by atoms with Gasteiger partial charge in [-0.3, -0.25) is 4.79 Å². The van der Waals surface area contributed by atoms with Gasteiger partial charge >= 0.3 is 0 Å². The van der Waals surface area contributed by atoms with Gasteiger partial charge in [0.2, 0.25) is 5.95 Å². The zero-order valence-electron chi connectivity index (χ0n) is 22.0. The molecule has 0 aliphatic carbocycles.